The Morgan fingerprint density at radius 1 is 1.13 bits per heavy atom. The molecule has 168 valence electrons. The maximum atomic E-state index is 12.7. The monoisotopic (exact) mass is 444 g/mol. The summed E-state index contributed by atoms with van der Waals surface area (Å²) in [6.07, 6.45) is 2.54. The van der Waals surface area contributed by atoms with Crippen molar-refractivity contribution < 1.29 is 17.9 Å². The van der Waals surface area contributed by atoms with Gasteiger partial charge in [0, 0.05) is 24.9 Å². The van der Waals surface area contributed by atoms with Gasteiger partial charge in [-0.25, -0.2) is 8.42 Å². The van der Waals surface area contributed by atoms with Crippen molar-refractivity contribution in [3.8, 4) is 5.75 Å². The number of carbonyl (C=O) groups excluding carboxylic acids is 1. The Labute approximate surface area is 185 Å². The van der Waals surface area contributed by atoms with Crippen LogP contribution in [0.4, 0.5) is 5.69 Å². The van der Waals surface area contributed by atoms with Gasteiger partial charge in [-0.15, -0.1) is 0 Å². The summed E-state index contributed by atoms with van der Waals surface area (Å²) in [5.41, 5.74) is 3.39. The zero-order valence-corrected chi connectivity index (χ0v) is 19.8. The number of hydrogen-bond acceptors (Lipinski definition) is 4. The van der Waals surface area contributed by atoms with Crippen LogP contribution in [0.5, 0.6) is 5.75 Å². The van der Waals surface area contributed by atoms with Gasteiger partial charge in [0.15, 0.2) is 0 Å². The number of hydrogen-bond donors (Lipinski definition) is 1. The quantitative estimate of drug-likeness (QED) is 0.692. The lowest BCUT2D eigenvalue weighted by Gasteiger charge is -2.38. The number of ether oxygens (including phenoxy) is 1. The van der Waals surface area contributed by atoms with Crippen LogP contribution in [0.3, 0.4) is 0 Å². The molecule has 0 saturated carbocycles. The standard InChI is InChI=1S/C24H32N2O4S/c1-17-8-11-19(12-9-17)26(31(5,28)29)14-6-7-23(27)25-21-16-24(3,4)30-22-15-18(2)10-13-20(21)22/h8-13,15,21H,6-7,14,16H2,1-5H3,(H,25,27). The summed E-state index contributed by atoms with van der Waals surface area (Å²) in [5, 5.41) is 3.12. The zero-order chi connectivity index (χ0) is 22.8. The molecular formula is C24H32N2O4S. The maximum Gasteiger partial charge on any atom is 0.232 e. The van der Waals surface area contributed by atoms with Crippen LogP contribution in [0.15, 0.2) is 42.5 Å². The van der Waals surface area contributed by atoms with Gasteiger partial charge in [-0.2, -0.15) is 0 Å². The molecule has 0 spiro atoms. The Kier molecular flexibility index (Phi) is 6.65. The summed E-state index contributed by atoms with van der Waals surface area (Å²) >= 11 is 0. The van der Waals surface area contributed by atoms with Crippen LogP contribution in [0.25, 0.3) is 0 Å². The lowest BCUT2D eigenvalue weighted by atomic mass is 9.89. The molecule has 7 heteroatoms. The van der Waals surface area contributed by atoms with E-state index in [1.807, 2.05) is 58.0 Å². The lowest BCUT2D eigenvalue weighted by Crippen LogP contribution is -2.41. The van der Waals surface area contributed by atoms with Crippen molar-refractivity contribution in [2.24, 2.45) is 0 Å². The Morgan fingerprint density at radius 2 is 1.77 bits per heavy atom. The molecule has 1 aliphatic heterocycles. The first-order valence-electron chi connectivity index (χ1n) is 10.6. The third kappa shape index (κ3) is 6.00. The van der Waals surface area contributed by atoms with Crippen molar-refractivity contribution in [1.82, 2.24) is 5.32 Å². The number of rotatable bonds is 7. The first kappa shape index (κ1) is 23.1. The average molecular weight is 445 g/mol. The molecular weight excluding hydrogens is 412 g/mol. The molecule has 0 saturated heterocycles. The molecule has 31 heavy (non-hydrogen) atoms. The van der Waals surface area contributed by atoms with E-state index in [1.165, 1.54) is 10.6 Å². The molecule has 0 radical (unpaired) electrons. The molecule has 1 amide bonds. The van der Waals surface area contributed by atoms with Crippen LogP contribution in [-0.4, -0.2) is 32.7 Å². The molecule has 6 nitrogen and oxygen atoms in total. The molecule has 0 fully saturated rings. The van der Waals surface area contributed by atoms with E-state index in [-0.39, 0.29) is 30.5 Å². The molecule has 0 bridgehead atoms. The van der Waals surface area contributed by atoms with E-state index < -0.39 is 10.0 Å². The molecule has 3 rings (SSSR count). The number of nitrogens with one attached hydrogen (secondary N) is 1. The van der Waals surface area contributed by atoms with Crippen LogP contribution in [-0.2, 0) is 14.8 Å². The Morgan fingerprint density at radius 3 is 2.42 bits per heavy atom. The Hall–Kier alpha value is -2.54. The second kappa shape index (κ2) is 8.91. The van der Waals surface area contributed by atoms with Crippen LogP contribution >= 0.6 is 0 Å². The average Bonchev–Trinajstić information content (AvgIpc) is 2.64. The highest BCUT2D eigenvalue weighted by Crippen LogP contribution is 2.39. The first-order chi connectivity index (χ1) is 14.4. The predicted octanol–water partition coefficient (Wildman–Crippen LogP) is 4.27. The number of aryl methyl sites for hydroxylation is 2. The van der Waals surface area contributed by atoms with Crippen molar-refractivity contribution in [2.75, 3.05) is 17.1 Å². The minimum atomic E-state index is -3.43. The topological polar surface area (TPSA) is 75.7 Å². The largest absolute Gasteiger partial charge is 0.487 e. The predicted molar refractivity (Wildman–Crippen MR) is 124 cm³/mol. The van der Waals surface area contributed by atoms with Gasteiger partial charge < -0.3 is 10.1 Å². The van der Waals surface area contributed by atoms with Gasteiger partial charge in [-0.1, -0.05) is 29.8 Å². The highest BCUT2D eigenvalue weighted by atomic mass is 32.2. The second-order valence-corrected chi connectivity index (χ2v) is 10.9. The SMILES string of the molecule is Cc1ccc(N(CCCC(=O)NC2CC(C)(C)Oc3cc(C)ccc32)S(C)(=O)=O)cc1. The minimum Gasteiger partial charge on any atom is -0.487 e. The second-order valence-electron chi connectivity index (χ2n) is 9.00. The van der Waals surface area contributed by atoms with E-state index in [0.717, 1.165) is 22.4 Å². The van der Waals surface area contributed by atoms with Crippen molar-refractivity contribution in [2.45, 2.75) is 58.6 Å². The Balaban J connectivity index is 1.64. The molecule has 2 aromatic carbocycles. The van der Waals surface area contributed by atoms with E-state index in [4.69, 9.17) is 4.74 Å². The summed E-state index contributed by atoms with van der Waals surface area (Å²) in [6, 6.07) is 13.2. The van der Waals surface area contributed by atoms with Crippen LogP contribution in [0.1, 0.15) is 55.8 Å². The third-order valence-corrected chi connectivity index (χ3v) is 6.64. The van der Waals surface area contributed by atoms with E-state index in [0.29, 0.717) is 18.5 Å². The summed E-state index contributed by atoms with van der Waals surface area (Å²) in [4.78, 5) is 12.7. The maximum absolute atomic E-state index is 12.7. The zero-order valence-electron chi connectivity index (χ0n) is 18.9. The molecule has 2 aromatic rings. The van der Waals surface area contributed by atoms with Gasteiger partial charge in [0.2, 0.25) is 15.9 Å². The number of fused-ring (bicyclic) bond motifs is 1. The van der Waals surface area contributed by atoms with Gasteiger partial charge in [-0.3, -0.25) is 9.10 Å². The number of nitrogens with zero attached hydrogens (tertiary/aromatic N) is 1. The summed E-state index contributed by atoms with van der Waals surface area (Å²) in [7, 11) is -3.43. The fourth-order valence-electron chi connectivity index (χ4n) is 3.93. The van der Waals surface area contributed by atoms with Crippen molar-refractivity contribution in [1.29, 1.82) is 0 Å². The van der Waals surface area contributed by atoms with Gasteiger partial charge in [0.1, 0.15) is 11.4 Å². The molecule has 1 heterocycles. The van der Waals surface area contributed by atoms with Crippen molar-refractivity contribution in [3.63, 3.8) is 0 Å². The lowest BCUT2D eigenvalue weighted by molar-refractivity contribution is -0.122. The van der Waals surface area contributed by atoms with E-state index in [1.54, 1.807) is 12.1 Å². The van der Waals surface area contributed by atoms with Gasteiger partial charge >= 0.3 is 0 Å². The molecule has 0 aromatic heterocycles. The number of anilines is 1. The van der Waals surface area contributed by atoms with Crippen molar-refractivity contribution >= 4 is 21.6 Å². The molecule has 1 unspecified atom stereocenters. The first-order valence-corrected chi connectivity index (χ1v) is 12.4. The van der Waals surface area contributed by atoms with Crippen molar-refractivity contribution in [3.05, 3.63) is 59.2 Å². The summed E-state index contributed by atoms with van der Waals surface area (Å²) in [6.45, 7) is 8.26. The molecule has 0 aliphatic carbocycles. The van der Waals surface area contributed by atoms with Gasteiger partial charge in [0.05, 0.1) is 18.0 Å². The normalized spacial score (nSPS) is 17.4. The number of amides is 1. The van der Waals surface area contributed by atoms with Crippen LogP contribution in [0, 0.1) is 13.8 Å². The van der Waals surface area contributed by atoms with Crippen LogP contribution < -0.4 is 14.4 Å². The fourth-order valence-corrected chi connectivity index (χ4v) is 4.90. The van der Waals surface area contributed by atoms with E-state index in [2.05, 4.69) is 5.32 Å². The highest BCUT2D eigenvalue weighted by molar-refractivity contribution is 7.92. The van der Waals surface area contributed by atoms with Gasteiger partial charge in [-0.05, 0) is 57.9 Å². The molecule has 1 atom stereocenters. The van der Waals surface area contributed by atoms with Gasteiger partial charge in [0.25, 0.3) is 0 Å². The number of carbonyl (C=O) groups is 1. The summed E-state index contributed by atoms with van der Waals surface area (Å²) < 4.78 is 32.0. The third-order valence-electron chi connectivity index (χ3n) is 5.45. The molecule has 1 aliphatic rings. The minimum absolute atomic E-state index is 0.0911. The van der Waals surface area contributed by atoms with E-state index >= 15 is 0 Å². The Bertz CT molecular complexity index is 1050. The summed E-state index contributed by atoms with van der Waals surface area (Å²) in [5.74, 6) is 0.718. The number of sulfonamides is 1. The molecule has 1 N–H and O–H groups in total. The van der Waals surface area contributed by atoms with Crippen LogP contribution in [0.2, 0.25) is 0 Å². The fraction of sp³-hybridized carbons (Fsp3) is 0.458. The smallest absolute Gasteiger partial charge is 0.232 e. The highest BCUT2D eigenvalue weighted by Gasteiger charge is 2.34. The number of benzene rings is 2. The van der Waals surface area contributed by atoms with E-state index in [9.17, 15) is 13.2 Å².